The van der Waals surface area contributed by atoms with Gasteiger partial charge in [-0.2, -0.15) is 0 Å². The lowest BCUT2D eigenvalue weighted by Crippen LogP contribution is -2.38. The van der Waals surface area contributed by atoms with E-state index in [4.69, 9.17) is 9.73 Å². The number of fused-ring (bicyclic) bond motifs is 3. The van der Waals surface area contributed by atoms with Gasteiger partial charge in [-0.05, 0) is 75.8 Å². The maximum atomic E-state index is 13.9. The fourth-order valence-electron chi connectivity index (χ4n) is 4.97. The largest absolute Gasteiger partial charge is 0.506 e. The van der Waals surface area contributed by atoms with Crippen molar-refractivity contribution < 1.29 is 9.84 Å². The van der Waals surface area contributed by atoms with Crippen LogP contribution in [0, 0.1) is 0 Å². The lowest BCUT2D eigenvalue weighted by molar-refractivity contribution is 0.413. The predicted octanol–water partition coefficient (Wildman–Crippen LogP) is 5.56. The van der Waals surface area contributed by atoms with Gasteiger partial charge in [-0.15, -0.1) is 0 Å². The van der Waals surface area contributed by atoms with E-state index in [-0.39, 0.29) is 17.4 Å². The molecule has 2 heterocycles. The molecule has 2 aliphatic rings. The molecule has 6 rings (SSSR count). The minimum Gasteiger partial charge on any atom is -0.506 e. The molecule has 0 saturated carbocycles. The van der Waals surface area contributed by atoms with Crippen LogP contribution in [-0.4, -0.2) is 16.8 Å². The van der Waals surface area contributed by atoms with E-state index in [1.54, 1.807) is 29.9 Å². The van der Waals surface area contributed by atoms with Crippen LogP contribution in [0.1, 0.15) is 34.7 Å². The number of rotatable bonds is 3. The number of aryl methyl sites for hydroxylation is 1. The van der Waals surface area contributed by atoms with Crippen molar-refractivity contribution in [2.45, 2.75) is 18.9 Å². The summed E-state index contributed by atoms with van der Waals surface area (Å²) in [6, 6.07) is 19.5. The average Bonchev–Trinajstić information content (AvgIpc) is 3.20. The Morgan fingerprint density at radius 1 is 1.11 bits per heavy atom. The van der Waals surface area contributed by atoms with Crippen LogP contribution in [-0.2, 0) is 6.42 Å². The molecule has 180 valence electrons. The van der Waals surface area contributed by atoms with Crippen molar-refractivity contribution in [3.05, 3.63) is 117 Å². The van der Waals surface area contributed by atoms with Gasteiger partial charge in [0.05, 0.1) is 27.9 Å². The maximum Gasteiger partial charge on any atom is 0.271 e. The highest BCUT2D eigenvalue weighted by molar-refractivity contribution is 9.11. The van der Waals surface area contributed by atoms with Gasteiger partial charge < -0.3 is 9.84 Å². The molecule has 0 spiro atoms. The number of methoxy groups -OCH3 is 1. The highest BCUT2D eigenvalue weighted by Crippen LogP contribution is 2.41. The third-order valence-corrected chi connectivity index (χ3v) is 8.67. The van der Waals surface area contributed by atoms with Gasteiger partial charge in [-0.3, -0.25) is 9.36 Å². The molecular formula is C28H20Br2N2O3S. The first-order chi connectivity index (χ1) is 17.4. The number of halogens is 2. The minimum atomic E-state index is -0.287. The van der Waals surface area contributed by atoms with Crippen molar-refractivity contribution in [3.63, 3.8) is 0 Å². The fraction of sp³-hybridized carbons (Fsp3) is 0.143. The number of phenols is 1. The Balaban J connectivity index is 1.64. The van der Waals surface area contributed by atoms with Crippen molar-refractivity contribution in [3.8, 4) is 11.5 Å². The zero-order valence-electron chi connectivity index (χ0n) is 19.2. The van der Waals surface area contributed by atoms with Crippen LogP contribution in [0.15, 0.2) is 85.0 Å². The summed E-state index contributed by atoms with van der Waals surface area (Å²) in [5, 5.41) is 10.6. The Morgan fingerprint density at radius 2 is 1.94 bits per heavy atom. The number of nitrogens with zero attached hydrogens (tertiary/aromatic N) is 2. The van der Waals surface area contributed by atoms with Gasteiger partial charge >= 0.3 is 0 Å². The second-order valence-corrected chi connectivity index (χ2v) is 11.5. The predicted molar refractivity (Wildman–Crippen MR) is 149 cm³/mol. The van der Waals surface area contributed by atoms with Crippen LogP contribution in [0.25, 0.3) is 11.8 Å². The number of thiazole rings is 1. The van der Waals surface area contributed by atoms with Crippen LogP contribution < -0.4 is 19.6 Å². The second-order valence-electron chi connectivity index (χ2n) is 8.72. The smallest absolute Gasteiger partial charge is 0.271 e. The van der Waals surface area contributed by atoms with Crippen LogP contribution in [0.5, 0.6) is 11.5 Å². The van der Waals surface area contributed by atoms with Crippen LogP contribution in [0.4, 0.5) is 0 Å². The summed E-state index contributed by atoms with van der Waals surface area (Å²) in [7, 11) is 1.65. The lowest BCUT2D eigenvalue weighted by Gasteiger charge is -2.31. The SMILES string of the molecule is COc1cccc(C2C3=C(N=c4sc(=Cc5cc(Br)cc(Br)c5O)c(=O)n42)c2ccccc2CC3)c1. The molecular weight excluding hydrogens is 604 g/mol. The molecule has 1 aliphatic heterocycles. The molecule has 0 radical (unpaired) electrons. The molecule has 1 aromatic heterocycles. The number of phenolic OH excluding ortho intramolecular Hbond substituents is 1. The highest BCUT2D eigenvalue weighted by atomic mass is 79.9. The molecule has 5 nitrogen and oxygen atoms in total. The van der Waals surface area contributed by atoms with Gasteiger partial charge in [0, 0.05) is 15.6 Å². The molecule has 36 heavy (non-hydrogen) atoms. The molecule has 0 amide bonds. The molecule has 1 atom stereocenters. The first kappa shape index (κ1) is 23.5. The number of aromatic hydroxyl groups is 1. The van der Waals surface area contributed by atoms with Crippen LogP contribution >= 0.6 is 43.2 Å². The zero-order chi connectivity index (χ0) is 25.0. The molecule has 0 fully saturated rings. The van der Waals surface area contributed by atoms with E-state index in [9.17, 15) is 9.90 Å². The van der Waals surface area contributed by atoms with E-state index in [1.807, 2.05) is 30.3 Å². The third kappa shape index (κ3) is 3.88. The first-order valence-electron chi connectivity index (χ1n) is 11.4. The number of ether oxygens (including phenoxy) is 1. The number of allylic oxidation sites excluding steroid dienone is 1. The maximum absolute atomic E-state index is 13.9. The van der Waals surface area contributed by atoms with E-state index in [0.29, 0.717) is 19.4 Å². The monoisotopic (exact) mass is 622 g/mol. The standard InChI is InChI=1S/C28H20Br2N2O3S/c1-35-19-7-4-6-16(12-19)25-21-10-9-15-5-2-3-8-20(15)24(21)31-28-32(25)27(34)23(36-28)13-17-11-18(29)14-22(30)26(17)33/h2-8,11-14,25,33H,9-10H2,1H3. The quantitative estimate of drug-likeness (QED) is 0.325. The van der Waals surface area contributed by atoms with Gasteiger partial charge in [0.25, 0.3) is 5.56 Å². The zero-order valence-corrected chi connectivity index (χ0v) is 23.2. The van der Waals surface area contributed by atoms with Crippen molar-refractivity contribution in [2.75, 3.05) is 7.11 Å². The molecule has 3 aromatic carbocycles. The van der Waals surface area contributed by atoms with Gasteiger partial charge in [0.15, 0.2) is 4.80 Å². The van der Waals surface area contributed by atoms with Gasteiger partial charge in [0.1, 0.15) is 11.5 Å². The fourth-order valence-corrected chi connectivity index (χ4v) is 7.22. The number of aromatic nitrogens is 1. The molecule has 1 unspecified atom stereocenters. The highest BCUT2D eigenvalue weighted by Gasteiger charge is 2.32. The van der Waals surface area contributed by atoms with Crippen molar-refractivity contribution >= 4 is 55.0 Å². The van der Waals surface area contributed by atoms with E-state index in [0.717, 1.165) is 45.5 Å². The first-order valence-corrected chi connectivity index (χ1v) is 13.8. The Kier molecular flexibility index (Phi) is 5.98. The summed E-state index contributed by atoms with van der Waals surface area (Å²) in [6.07, 6.45) is 3.45. The van der Waals surface area contributed by atoms with Crippen molar-refractivity contribution in [2.24, 2.45) is 4.99 Å². The normalized spacial score (nSPS) is 16.8. The summed E-state index contributed by atoms with van der Waals surface area (Å²) >= 11 is 8.18. The van der Waals surface area contributed by atoms with Gasteiger partial charge in [-0.1, -0.05) is 63.7 Å². The average molecular weight is 624 g/mol. The topological polar surface area (TPSA) is 63.8 Å². The lowest BCUT2D eigenvalue weighted by atomic mass is 9.83. The van der Waals surface area contributed by atoms with Gasteiger partial charge in [-0.25, -0.2) is 4.99 Å². The molecule has 4 aromatic rings. The summed E-state index contributed by atoms with van der Waals surface area (Å²) in [5.74, 6) is 0.829. The molecule has 0 saturated heterocycles. The number of benzene rings is 3. The Labute approximate surface area is 228 Å². The Hall–Kier alpha value is -2.94. The molecule has 0 bridgehead atoms. The van der Waals surface area contributed by atoms with Crippen LogP contribution in [0.2, 0.25) is 0 Å². The minimum absolute atomic E-state index is 0.0848. The van der Waals surface area contributed by atoms with Crippen molar-refractivity contribution in [1.82, 2.24) is 4.57 Å². The third-order valence-electron chi connectivity index (χ3n) is 6.63. The number of hydrogen-bond acceptors (Lipinski definition) is 5. The molecule has 8 heteroatoms. The van der Waals surface area contributed by atoms with E-state index in [2.05, 4.69) is 50.1 Å². The summed E-state index contributed by atoms with van der Waals surface area (Å²) in [4.78, 5) is 19.6. The summed E-state index contributed by atoms with van der Waals surface area (Å²) in [6.45, 7) is 0. The Bertz CT molecular complexity index is 1750. The summed E-state index contributed by atoms with van der Waals surface area (Å²) < 4.78 is 9.16. The van der Waals surface area contributed by atoms with E-state index < -0.39 is 0 Å². The Morgan fingerprint density at radius 3 is 2.78 bits per heavy atom. The van der Waals surface area contributed by atoms with E-state index >= 15 is 0 Å². The van der Waals surface area contributed by atoms with Crippen LogP contribution in [0.3, 0.4) is 0 Å². The molecule has 1 aliphatic carbocycles. The van der Waals surface area contributed by atoms with Crippen molar-refractivity contribution in [1.29, 1.82) is 0 Å². The number of hydrogen-bond donors (Lipinski definition) is 1. The summed E-state index contributed by atoms with van der Waals surface area (Å²) in [5.41, 5.74) is 5.88. The second kappa shape index (κ2) is 9.18. The van der Waals surface area contributed by atoms with E-state index in [1.165, 1.54) is 16.9 Å². The molecule has 1 N–H and O–H groups in total. The van der Waals surface area contributed by atoms with Gasteiger partial charge in [0.2, 0.25) is 0 Å².